The van der Waals surface area contributed by atoms with Gasteiger partial charge < -0.3 is 11.5 Å². The lowest BCUT2D eigenvalue weighted by atomic mass is 10.2. The Morgan fingerprint density at radius 1 is 1.69 bits per heavy atom. The van der Waals surface area contributed by atoms with E-state index >= 15 is 0 Å². The molecule has 0 aliphatic heterocycles. The summed E-state index contributed by atoms with van der Waals surface area (Å²) in [5.74, 6) is -0.584. The average molecular weight is 213 g/mol. The molecule has 1 aromatic rings. The smallest absolute Gasteiger partial charge is 0.252 e. The first kappa shape index (κ1) is 9.89. The van der Waals surface area contributed by atoms with Crippen molar-refractivity contribution in [1.82, 2.24) is 0 Å². The van der Waals surface area contributed by atoms with Crippen LogP contribution >= 0.6 is 23.1 Å². The van der Waals surface area contributed by atoms with Gasteiger partial charge in [-0.3, -0.25) is 4.79 Å². The molecule has 4 nitrogen and oxygen atoms in total. The topological polar surface area (TPSA) is 92.9 Å². The number of anilines is 1. The molecule has 4 N–H and O–H groups in total. The third-order valence-electron chi connectivity index (χ3n) is 1.45. The highest BCUT2D eigenvalue weighted by Gasteiger charge is 2.18. The van der Waals surface area contributed by atoms with Gasteiger partial charge in [0.2, 0.25) is 0 Å². The second-order valence-electron chi connectivity index (χ2n) is 2.19. The fourth-order valence-corrected chi connectivity index (χ4v) is 2.64. The number of nitrogens with two attached hydrogens (primary N) is 2. The third kappa shape index (κ3) is 1.61. The number of nitrogen functional groups attached to an aromatic ring is 1. The fourth-order valence-electron chi connectivity index (χ4n) is 0.882. The zero-order chi connectivity index (χ0) is 10.0. The first-order chi connectivity index (χ1) is 6.11. The Labute approximate surface area is 83.5 Å². The minimum Gasteiger partial charge on any atom is -0.396 e. The van der Waals surface area contributed by atoms with Crippen molar-refractivity contribution in [2.45, 2.75) is 4.21 Å². The number of hydrogen-bond donors (Lipinski definition) is 2. The van der Waals surface area contributed by atoms with Gasteiger partial charge in [-0.25, -0.2) is 0 Å². The average Bonchev–Trinajstić information content (AvgIpc) is 2.41. The molecule has 0 aromatic carbocycles. The van der Waals surface area contributed by atoms with Crippen molar-refractivity contribution in [1.29, 1.82) is 5.26 Å². The van der Waals surface area contributed by atoms with Gasteiger partial charge in [-0.1, -0.05) is 0 Å². The number of nitriles is 1. The Hall–Kier alpha value is -1.19. The number of hydrogen-bond acceptors (Lipinski definition) is 5. The molecule has 1 heterocycles. The van der Waals surface area contributed by atoms with E-state index < -0.39 is 5.91 Å². The number of amides is 1. The second kappa shape index (κ2) is 3.68. The Kier molecular flexibility index (Phi) is 2.80. The summed E-state index contributed by atoms with van der Waals surface area (Å²) in [5, 5.41) is 8.65. The van der Waals surface area contributed by atoms with Gasteiger partial charge in [0, 0.05) is 0 Å². The first-order valence-electron chi connectivity index (χ1n) is 3.28. The van der Waals surface area contributed by atoms with E-state index in [1.807, 2.05) is 6.07 Å². The summed E-state index contributed by atoms with van der Waals surface area (Å²) in [6.07, 6.45) is 1.80. The van der Waals surface area contributed by atoms with Gasteiger partial charge in [-0.2, -0.15) is 5.26 Å². The normalized spacial score (nSPS) is 9.54. The number of nitrogens with zero attached hydrogens (tertiary/aromatic N) is 1. The highest BCUT2D eigenvalue weighted by atomic mass is 32.2. The summed E-state index contributed by atoms with van der Waals surface area (Å²) in [5.41, 5.74) is 11.2. The van der Waals surface area contributed by atoms with Crippen molar-refractivity contribution in [3.8, 4) is 6.07 Å². The SMILES string of the molecule is CSc1sc(C#N)c(N)c1C(N)=O. The second-order valence-corrected chi connectivity index (χ2v) is 4.28. The first-order valence-corrected chi connectivity index (χ1v) is 5.32. The van der Waals surface area contributed by atoms with Crippen molar-refractivity contribution >= 4 is 34.7 Å². The molecule has 0 atom stereocenters. The highest BCUT2D eigenvalue weighted by molar-refractivity contribution is 8.00. The Morgan fingerprint density at radius 3 is 2.62 bits per heavy atom. The van der Waals surface area contributed by atoms with Gasteiger partial charge in [0.15, 0.2) is 0 Å². The quantitative estimate of drug-likeness (QED) is 0.717. The molecule has 0 fully saturated rings. The number of thioether (sulfide) groups is 1. The maximum Gasteiger partial charge on any atom is 0.252 e. The third-order valence-corrected chi connectivity index (χ3v) is 3.68. The summed E-state index contributed by atoms with van der Waals surface area (Å²) >= 11 is 2.55. The van der Waals surface area contributed by atoms with Crippen LogP contribution < -0.4 is 11.5 Å². The van der Waals surface area contributed by atoms with E-state index in [9.17, 15) is 4.79 Å². The number of thiophene rings is 1. The Bertz CT molecular complexity index is 391. The van der Waals surface area contributed by atoms with Crippen molar-refractivity contribution in [2.75, 3.05) is 12.0 Å². The molecule has 68 valence electrons. The maximum absolute atomic E-state index is 11.0. The minimum absolute atomic E-state index is 0.198. The highest BCUT2D eigenvalue weighted by Crippen LogP contribution is 2.36. The van der Waals surface area contributed by atoms with Crippen LogP contribution in [-0.4, -0.2) is 12.2 Å². The van der Waals surface area contributed by atoms with E-state index in [1.54, 1.807) is 6.26 Å². The lowest BCUT2D eigenvalue weighted by molar-refractivity contribution is 0.0999. The minimum atomic E-state index is -0.584. The van der Waals surface area contributed by atoms with Crippen LogP contribution in [-0.2, 0) is 0 Å². The lowest BCUT2D eigenvalue weighted by Gasteiger charge is -1.95. The van der Waals surface area contributed by atoms with Crippen LogP contribution in [0.25, 0.3) is 0 Å². The van der Waals surface area contributed by atoms with Gasteiger partial charge in [-0.15, -0.1) is 23.1 Å². The van der Waals surface area contributed by atoms with Crippen LogP contribution in [0, 0.1) is 11.3 Å². The van der Waals surface area contributed by atoms with Crippen LogP contribution in [0.4, 0.5) is 5.69 Å². The molecule has 0 aliphatic carbocycles. The van der Waals surface area contributed by atoms with Gasteiger partial charge in [0.1, 0.15) is 10.9 Å². The molecular weight excluding hydrogens is 206 g/mol. The predicted molar refractivity (Wildman–Crippen MR) is 53.7 cm³/mol. The van der Waals surface area contributed by atoms with Crippen molar-refractivity contribution in [3.63, 3.8) is 0 Å². The molecule has 6 heteroatoms. The van der Waals surface area contributed by atoms with Gasteiger partial charge in [0.25, 0.3) is 5.91 Å². The van der Waals surface area contributed by atoms with Gasteiger partial charge >= 0.3 is 0 Å². The van der Waals surface area contributed by atoms with E-state index in [0.29, 0.717) is 9.09 Å². The van der Waals surface area contributed by atoms with E-state index in [-0.39, 0.29) is 11.3 Å². The molecule has 1 rings (SSSR count). The molecule has 0 unspecified atom stereocenters. The zero-order valence-corrected chi connectivity index (χ0v) is 8.46. The molecule has 0 saturated carbocycles. The Balaban J connectivity index is 3.39. The molecule has 1 amide bonds. The van der Waals surface area contributed by atoms with E-state index in [0.717, 1.165) is 0 Å². The summed E-state index contributed by atoms with van der Waals surface area (Å²) in [6.45, 7) is 0. The van der Waals surface area contributed by atoms with Crippen molar-refractivity contribution < 1.29 is 4.79 Å². The monoisotopic (exact) mass is 213 g/mol. The molecule has 0 spiro atoms. The van der Waals surface area contributed by atoms with Crippen molar-refractivity contribution in [2.24, 2.45) is 5.73 Å². The van der Waals surface area contributed by atoms with Crippen LogP contribution in [0.3, 0.4) is 0 Å². The number of carbonyl (C=O) groups is 1. The molecule has 1 aromatic heterocycles. The lowest BCUT2D eigenvalue weighted by Crippen LogP contribution is -2.13. The molecule has 0 bridgehead atoms. The zero-order valence-electron chi connectivity index (χ0n) is 6.83. The summed E-state index contributed by atoms with van der Waals surface area (Å²) < 4.78 is 0.696. The number of carbonyl (C=O) groups excluding carboxylic acids is 1. The van der Waals surface area contributed by atoms with E-state index in [2.05, 4.69) is 0 Å². The maximum atomic E-state index is 11.0. The molecule has 0 saturated heterocycles. The molecule has 0 aliphatic rings. The number of primary amides is 1. The van der Waals surface area contributed by atoms with Crippen molar-refractivity contribution in [3.05, 3.63) is 10.4 Å². The van der Waals surface area contributed by atoms with E-state index in [1.165, 1.54) is 23.1 Å². The van der Waals surface area contributed by atoms with Crippen LogP contribution in [0.15, 0.2) is 4.21 Å². The summed E-state index contributed by atoms with van der Waals surface area (Å²) in [4.78, 5) is 11.3. The summed E-state index contributed by atoms with van der Waals surface area (Å²) in [7, 11) is 0. The van der Waals surface area contributed by atoms with Crippen LogP contribution in [0.1, 0.15) is 15.2 Å². The van der Waals surface area contributed by atoms with Crippen LogP contribution in [0.5, 0.6) is 0 Å². The number of rotatable bonds is 2. The van der Waals surface area contributed by atoms with Crippen LogP contribution in [0.2, 0.25) is 0 Å². The fraction of sp³-hybridized carbons (Fsp3) is 0.143. The van der Waals surface area contributed by atoms with Gasteiger partial charge in [0.05, 0.1) is 15.5 Å². The van der Waals surface area contributed by atoms with Gasteiger partial charge in [-0.05, 0) is 6.26 Å². The largest absolute Gasteiger partial charge is 0.396 e. The summed E-state index contributed by atoms with van der Waals surface area (Å²) in [6, 6.07) is 1.92. The molecule has 13 heavy (non-hydrogen) atoms. The Morgan fingerprint density at radius 2 is 2.31 bits per heavy atom. The molecule has 0 radical (unpaired) electrons. The van der Waals surface area contributed by atoms with E-state index in [4.69, 9.17) is 16.7 Å². The molecular formula is C7H7N3OS2. The standard InChI is InChI=1S/C7H7N3OS2/c1-12-7-4(6(10)11)5(9)3(2-8)13-7/h9H2,1H3,(H2,10,11). The predicted octanol–water partition coefficient (Wildman–Crippen LogP) is 1.02.